The summed E-state index contributed by atoms with van der Waals surface area (Å²) in [5, 5.41) is 0. The number of thioether (sulfide) groups is 1. The Morgan fingerprint density at radius 1 is 1.31 bits per heavy atom. The first-order chi connectivity index (χ1) is 7.67. The molecule has 1 rings (SSSR count). The monoisotopic (exact) mass is 240 g/mol. The minimum atomic E-state index is 0.203. The molecule has 1 aromatic rings. The van der Waals surface area contributed by atoms with E-state index in [-0.39, 0.29) is 5.78 Å². The fourth-order valence-electron chi connectivity index (χ4n) is 1.20. The van der Waals surface area contributed by atoms with E-state index in [1.165, 1.54) is 0 Å². The van der Waals surface area contributed by atoms with Crippen molar-refractivity contribution in [3.05, 3.63) is 18.2 Å². The van der Waals surface area contributed by atoms with Crippen molar-refractivity contribution in [2.75, 3.05) is 20.0 Å². The Morgan fingerprint density at radius 2 is 2.06 bits per heavy atom. The predicted molar refractivity (Wildman–Crippen MR) is 65.6 cm³/mol. The Morgan fingerprint density at radius 3 is 2.62 bits per heavy atom. The molecule has 0 aromatic heterocycles. The number of ketones is 1. The van der Waals surface area contributed by atoms with Gasteiger partial charge < -0.3 is 9.47 Å². The average molecular weight is 240 g/mol. The van der Waals surface area contributed by atoms with Crippen LogP contribution in [-0.4, -0.2) is 25.8 Å². The third kappa shape index (κ3) is 3.77. The van der Waals surface area contributed by atoms with Crippen LogP contribution < -0.4 is 9.47 Å². The molecule has 0 atom stereocenters. The molecule has 88 valence electrons. The standard InChI is InChI=1S/C12H16O3S/c1-9(13)6-7-16-12-8-10(14-2)4-5-11(12)15-3/h4-5,8H,6-7H2,1-3H3. The van der Waals surface area contributed by atoms with E-state index < -0.39 is 0 Å². The van der Waals surface area contributed by atoms with Crippen molar-refractivity contribution in [3.63, 3.8) is 0 Å². The smallest absolute Gasteiger partial charge is 0.132 e. The van der Waals surface area contributed by atoms with Gasteiger partial charge in [-0.2, -0.15) is 0 Å². The highest BCUT2D eigenvalue weighted by molar-refractivity contribution is 7.99. The summed E-state index contributed by atoms with van der Waals surface area (Å²) < 4.78 is 10.4. The lowest BCUT2D eigenvalue weighted by Crippen LogP contribution is -1.93. The lowest BCUT2D eigenvalue weighted by Gasteiger charge is -2.09. The number of hydrogen-bond donors (Lipinski definition) is 0. The molecule has 0 unspecified atom stereocenters. The van der Waals surface area contributed by atoms with E-state index in [1.54, 1.807) is 32.9 Å². The highest BCUT2D eigenvalue weighted by Crippen LogP contribution is 2.32. The summed E-state index contributed by atoms with van der Waals surface area (Å²) in [7, 11) is 3.27. The fourth-order valence-corrected chi connectivity index (χ4v) is 2.30. The van der Waals surface area contributed by atoms with Gasteiger partial charge in [-0.3, -0.25) is 4.79 Å². The van der Waals surface area contributed by atoms with Gasteiger partial charge in [-0.1, -0.05) is 0 Å². The van der Waals surface area contributed by atoms with Gasteiger partial charge in [0.1, 0.15) is 17.3 Å². The number of Topliss-reactive ketones (excluding diaryl/α,β-unsaturated/α-hetero) is 1. The molecule has 0 fully saturated rings. The molecule has 0 aliphatic carbocycles. The number of methoxy groups -OCH3 is 2. The molecule has 16 heavy (non-hydrogen) atoms. The van der Waals surface area contributed by atoms with Crippen LogP contribution in [-0.2, 0) is 4.79 Å². The zero-order chi connectivity index (χ0) is 12.0. The lowest BCUT2D eigenvalue weighted by atomic mass is 10.3. The van der Waals surface area contributed by atoms with Crippen LogP contribution in [0.25, 0.3) is 0 Å². The van der Waals surface area contributed by atoms with Crippen LogP contribution in [0.4, 0.5) is 0 Å². The summed E-state index contributed by atoms with van der Waals surface area (Å²) in [4.78, 5) is 11.8. The summed E-state index contributed by atoms with van der Waals surface area (Å²) in [6.07, 6.45) is 0.574. The van der Waals surface area contributed by atoms with Gasteiger partial charge in [0, 0.05) is 12.2 Å². The first-order valence-electron chi connectivity index (χ1n) is 5.01. The van der Waals surface area contributed by atoms with Crippen LogP contribution in [0.1, 0.15) is 13.3 Å². The lowest BCUT2D eigenvalue weighted by molar-refractivity contribution is -0.116. The van der Waals surface area contributed by atoms with Crippen molar-refractivity contribution < 1.29 is 14.3 Å². The van der Waals surface area contributed by atoms with Crippen molar-refractivity contribution in [3.8, 4) is 11.5 Å². The number of hydrogen-bond acceptors (Lipinski definition) is 4. The van der Waals surface area contributed by atoms with Gasteiger partial charge in [-0.15, -0.1) is 11.8 Å². The average Bonchev–Trinajstić information content (AvgIpc) is 2.28. The Hall–Kier alpha value is -1.16. The summed E-state index contributed by atoms with van der Waals surface area (Å²) in [6.45, 7) is 1.60. The van der Waals surface area contributed by atoms with Gasteiger partial charge in [-0.05, 0) is 25.1 Å². The number of ether oxygens (including phenoxy) is 2. The summed E-state index contributed by atoms with van der Waals surface area (Å²) >= 11 is 1.60. The van der Waals surface area contributed by atoms with Gasteiger partial charge in [0.05, 0.1) is 19.1 Å². The second kappa shape index (κ2) is 6.43. The molecule has 1 aromatic carbocycles. The largest absolute Gasteiger partial charge is 0.497 e. The summed E-state index contributed by atoms with van der Waals surface area (Å²) in [6, 6.07) is 5.65. The molecule has 4 heteroatoms. The minimum absolute atomic E-state index is 0.203. The van der Waals surface area contributed by atoms with E-state index in [0.29, 0.717) is 6.42 Å². The van der Waals surface area contributed by atoms with E-state index in [4.69, 9.17) is 9.47 Å². The third-order valence-electron chi connectivity index (χ3n) is 2.08. The Labute approximate surface area is 100 Å². The molecule has 0 amide bonds. The zero-order valence-electron chi connectivity index (χ0n) is 9.78. The van der Waals surface area contributed by atoms with Gasteiger partial charge in [-0.25, -0.2) is 0 Å². The molecule has 0 N–H and O–H groups in total. The van der Waals surface area contributed by atoms with Crippen LogP contribution in [0.15, 0.2) is 23.1 Å². The zero-order valence-corrected chi connectivity index (χ0v) is 10.6. The number of rotatable bonds is 6. The highest BCUT2D eigenvalue weighted by Gasteiger charge is 2.06. The molecular weight excluding hydrogens is 224 g/mol. The van der Waals surface area contributed by atoms with Crippen molar-refractivity contribution in [1.29, 1.82) is 0 Å². The topological polar surface area (TPSA) is 35.5 Å². The van der Waals surface area contributed by atoms with Crippen LogP contribution in [0.3, 0.4) is 0 Å². The van der Waals surface area contributed by atoms with E-state index in [9.17, 15) is 4.79 Å². The first-order valence-corrected chi connectivity index (χ1v) is 6.00. The Balaban J connectivity index is 2.71. The number of benzene rings is 1. The summed E-state index contributed by atoms with van der Waals surface area (Å²) in [5.74, 6) is 2.58. The molecule has 3 nitrogen and oxygen atoms in total. The van der Waals surface area contributed by atoms with Gasteiger partial charge in [0.25, 0.3) is 0 Å². The van der Waals surface area contributed by atoms with Crippen LogP contribution in [0.2, 0.25) is 0 Å². The van der Waals surface area contributed by atoms with E-state index >= 15 is 0 Å². The van der Waals surface area contributed by atoms with Crippen molar-refractivity contribution >= 4 is 17.5 Å². The quantitative estimate of drug-likeness (QED) is 0.716. The Kier molecular flexibility index (Phi) is 5.19. The molecule has 0 aliphatic rings. The van der Waals surface area contributed by atoms with Crippen molar-refractivity contribution in [2.45, 2.75) is 18.2 Å². The number of carbonyl (C=O) groups excluding carboxylic acids is 1. The fraction of sp³-hybridized carbons (Fsp3) is 0.417. The molecule has 0 saturated heterocycles. The maximum Gasteiger partial charge on any atom is 0.132 e. The molecule has 0 bridgehead atoms. The highest BCUT2D eigenvalue weighted by atomic mass is 32.2. The van der Waals surface area contributed by atoms with Gasteiger partial charge >= 0.3 is 0 Å². The minimum Gasteiger partial charge on any atom is -0.497 e. The molecule has 0 heterocycles. The third-order valence-corrected chi connectivity index (χ3v) is 3.12. The molecule has 0 saturated carbocycles. The normalized spacial score (nSPS) is 9.94. The second-order valence-electron chi connectivity index (χ2n) is 3.32. The van der Waals surface area contributed by atoms with Crippen molar-refractivity contribution in [1.82, 2.24) is 0 Å². The van der Waals surface area contributed by atoms with Gasteiger partial charge in [0.2, 0.25) is 0 Å². The maximum atomic E-state index is 10.8. The van der Waals surface area contributed by atoms with Crippen LogP contribution in [0, 0.1) is 0 Å². The Bertz CT molecular complexity index is 363. The second-order valence-corrected chi connectivity index (χ2v) is 4.45. The van der Waals surface area contributed by atoms with Crippen molar-refractivity contribution in [2.24, 2.45) is 0 Å². The molecule has 0 spiro atoms. The SMILES string of the molecule is COc1ccc(OC)c(SCCC(C)=O)c1. The number of carbonyl (C=O) groups is 1. The molecule has 0 radical (unpaired) electrons. The van der Waals surface area contributed by atoms with E-state index in [2.05, 4.69) is 0 Å². The maximum absolute atomic E-state index is 10.8. The van der Waals surface area contributed by atoms with Gasteiger partial charge in [0.15, 0.2) is 0 Å². The van der Waals surface area contributed by atoms with Crippen LogP contribution in [0.5, 0.6) is 11.5 Å². The van der Waals surface area contributed by atoms with E-state index in [1.807, 2.05) is 18.2 Å². The molecule has 0 aliphatic heterocycles. The molecular formula is C12H16O3S. The van der Waals surface area contributed by atoms with E-state index in [0.717, 1.165) is 22.1 Å². The van der Waals surface area contributed by atoms with Crippen LogP contribution >= 0.6 is 11.8 Å². The predicted octanol–water partition coefficient (Wildman–Crippen LogP) is 2.78. The summed E-state index contributed by atoms with van der Waals surface area (Å²) in [5.41, 5.74) is 0. The first kappa shape index (κ1) is 12.9.